The Bertz CT molecular complexity index is 1390. The van der Waals surface area contributed by atoms with Crippen LogP contribution in [0, 0.1) is 0 Å². The first-order chi connectivity index (χ1) is 16.9. The van der Waals surface area contributed by atoms with E-state index in [-0.39, 0.29) is 0 Å². The van der Waals surface area contributed by atoms with Gasteiger partial charge in [0, 0.05) is 67.9 Å². The second kappa shape index (κ2) is 9.36. The van der Waals surface area contributed by atoms with E-state index in [9.17, 15) is 0 Å². The van der Waals surface area contributed by atoms with Gasteiger partial charge in [-0.1, -0.05) is 11.6 Å². The Kier molecular flexibility index (Phi) is 6.25. The minimum absolute atomic E-state index is 0.364. The molecule has 35 heavy (non-hydrogen) atoms. The van der Waals surface area contributed by atoms with E-state index in [1.54, 1.807) is 25.0 Å². The van der Waals surface area contributed by atoms with Crippen LogP contribution in [0.4, 0.5) is 11.4 Å². The third kappa shape index (κ3) is 4.28. The molecular weight excluding hydrogens is 464 g/mol. The molecule has 0 radical (unpaired) electrons. The lowest BCUT2D eigenvalue weighted by Gasteiger charge is -2.28. The molecule has 1 aliphatic heterocycles. The van der Waals surface area contributed by atoms with Gasteiger partial charge in [0.15, 0.2) is 0 Å². The molecule has 8 nitrogen and oxygen atoms in total. The lowest BCUT2D eigenvalue weighted by molar-refractivity contribution is 0.224. The van der Waals surface area contributed by atoms with Gasteiger partial charge in [-0.15, -0.1) is 0 Å². The van der Waals surface area contributed by atoms with Crippen LogP contribution in [0.15, 0.2) is 42.9 Å². The summed E-state index contributed by atoms with van der Waals surface area (Å²) < 4.78 is 12.9. The molecule has 0 aliphatic carbocycles. The third-order valence-electron chi connectivity index (χ3n) is 6.53. The first-order valence-corrected chi connectivity index (χ1v) is 12.0. The molecular formula is C26H29ClN6O2. The van der Waals surface area contributed by atoms with Crippen LogP contribution < -0.4 is 14.4 Å². The first kappa shape index (κ1) is 23.4. The molecule has 4 aromatic rings. The average Bonchev–Trinajstić information content (AvgIpc) is 3.19. The van der Waals surface area contributed by atoms with Crippen molar-refractivity contribution in [1.82, 2.24) is 24.6 Å². The lowest BCUT2D eigenvalue weighted by atomic mass is 10.1. The minimum Gasteiger partial charge on any atom is -0.497 e. The van der Waals surface area contributed by atoms with Crippen molar-refractivity contribution in [3.63, 3.8) is 0 Å². The summed E-state index contributed by atoms with van der Waals surface area (Å²) in [6, 6.07) is 8.26. The largest absolute Gasteiger partial charge is 0.497 e. The molecule has 182 valence electrons. The molecule has 0 bridgehead atoms. The third-order valence-corrected chi connectivity index (χ3v) is 6.91. The monoisotopic (exact) mass is 492 g/mol. The van der Waals surface area contributed by atoms with Gasteiger partial charge >= 0.3 is 0 Å². The first-order valence-electron chi connectivity index (χ1n) is 11.6. The van der Waals surface area contributed by atoms with Crippen LogP contribution in [0.1, 0.15) is 19.4 Å². The summed E-state index contributed by atoms with van der Waals surface area (Å²) in [5.41, 5.74) is 6.48. The molecule has 0 N–H and O–H groups in total. The standard InChI is InChI=1S/C26H29ClN6O2/c1-16(2)32-8-9-33(23-10-18(34-4)11-24(35-5)25(23)27)22-7-6-20-26(19(22)15-32)30-21(13-28-20)17-12-29-31(3)14-17/h6-7,10-14,16H,8-9,15H2,1-5H3. The number of halogens is 1. The summed E-state index contributed by atoms with van der Waals surface area (Å²) in [7, 11) is 5.16. The van der Waals surface area contributed by atoms with Crippen molar-refractivity contribution in [3.8, 4) is 22.8 Å². The van der Waals surface area contributed by atoms with Crippen LogP contribution in [0.25, 0.3) is 22.3 Å². The van der Waals surface area contributed by atoms with Crippen molar-refractivity contribution in [2.45, 2.75) is 26.4 Å². The van der Waals surface area contributed by atoms with Crippen LogP contribution in [0.3, 0.4) is 0 Å². The Morgan fingerprint density at radius 2 is 1.86 bits per heavy atom. The van der Waals surface area contributed by atoms with Gasteiger partial charge in [-0.3, -0.25) is 14.6 Å². The van der Waals surface area contributed by atoms with Crippen LogP contribution in [0.5, 0.6) is 11.5 Å². The lowest BCUT2D eigenvalue weighted by Crippen LogP contribution is -2.34. The highest BCUT2D eigenvalue weighted by Gasteiger charge is 2.27. The highest BCUT2D eigenvalue weighted by atomic mass is 35.5. The topological polar surface area (TPSA) is 68.5 Å². The highest BCUT2D eigenvalue weighted by Crippen LogP contribution is 2.44. The number of nitrogens with zero attached hydrogens (tertiary/aromatic N) is 6. The number of rotatable bonds is 5. The van der Waals surface area contributed by atoms with E-state index in [4.69, 9.17) is 31.0 Å². The molecule has 0 saturated carbocycles. The number of ether oxygens (including phenoxy) is 2. The number of aromatic nitrogens is 4. The zero-order chi connectivity index (χ0) is 24.7. The summed E-state index contributed by atoms with van der Waals surface area (Å²) in [5.74, 6) is 1.26. The molecule has 0 amide bonds. The molecule has 0 saturated heterocycles. The maximum Gasteiger partial charge on any atom is 0.143 e. The van der Waals surface area contributed by atoms with Gasteiger partial charge in [0.05, 0.1) is 49.0 Å². The average molecular weight is 493 g/mol. The van der Waals surface area contributed by atoms with Gasteiger partial charge < -0.3 is 14.4 Å². The van der Waals surface area contributed by atoms with E-state index in [1.165, 1.54) is 0 Å². The van der Waals surface area contributed by atoms with Crippen molar-refractivity contribution in [1.29, 1.82) is 0 Å². The van der Waals surface area contributed by atoms with Crippen molar-refractivity contribution in [3.05, 3.63) is 53.4 Å². The van der Waals surface area contributed by atoms with Gasteiger partial charge in [0.2, 0.25) is 0 Å². The number of hydrogen-bond donors (Lipinski definition) is 0. The zero-order valence-corrected chi connectivity index (χ0v) is 21.4. The fourth-order valence-corrected chi connectivity index (χ4v) is 4.86. The second-order valence-electron chi connectivity index (χ2n) is 8.97. The number of aryl methyl sites for hydroxylation is 1. The molecule has 0 fully saturated rings. The fraction of sp³-hybridized carbons (Fsp3) is 0.346. The predicted octanol–water partition coefficient (Wildman–Crippen LogP) is 5.06. The summed E-state index contributed by atoms with van der Waals surface area (Å²) in [6.45, 7) is 6.80. The normalized spacial score (nSPS) is 14.3. The van der Waals surface area contributed by atoms with Crippen molar-refractivity contribution in [2.24, 2.45) is 7.05 Å². The van der Waals surface area contributed by atoms with E-state index in [0.29, 0.717) is 22.6 Å². The van der Waals surface area contributed by atoms with Crippen LogP contribution in [-0.2, 0) is 13.6 Å². The van der Waals surface area contributed by atoms with Crippen molar-refractivity contribution < 1.29 is 9.47 Å². The van der Waals surface area contributed by atoms with Crippen molar-refractivity contribution >= 4 is 34.0 Å². The van der Waals surface area contributed by atoms with E-state index in [2.05, 4.69) is 34.8 Å². The van der Waals surface area contributed by atoms with Crippen LogP contribution in [-0.4, -0.2) is 58.0 Å². The highest BCUT2D eigenvalue weighted by molar-refractivity contribution is 6.35. The summed E-state index contributed by atoms with van der Waals surface area (Å²) in [6.07, 6.45) is 5.57. The summed E-state index contributed by atoms with van der Waals surface area (Å²) in [5, 5.41) is 4.85. The fourth-order valence-electron chi connectivity index (χ4n) is 4.57. The summed E-state index contributed by atoms with van der Waals surface area (Å²) in [4.78, 5) is 14.5. The summed E-state index contributed by atoms with van der Waals surface area (Å²) >= 11 is 6.84. The molecule has 0 spiro atoms. The van der Waals surface area contributed by atoms with Gasteiger partial charge in [0.1, 0.15) is 16.5 Å². The second-order valence-corrected chi connectivity index (χ2v) is 9.35. The van der Waals surface area contributed by atoms with E-state index < -0.39 is 0 Å². The smallest absolute Gasteiger partial charge is 0.143 e. The van der Waals surface area contributed by atoms with E-state index in [0.717, 1.165) is 58.9 Å². The van der Waals surface area contributed by atoms with Gasteiger partial charge in [-0.25, -0.2) is 4.98 Å². The van der Waals surface area contributed by atoms with Crippen LogP contribution >= 0.6 is 11.6 Å². The molecule has 3 heterocycles. The Morgan fingerprint density at radius 3 is 2.54 bits per heavy atom. The Morgan fingerprint density at radius 1 is 1.03 bits per heavy atom. The van der Waals surface area contributed by atoms with Crippen molar-refractivity contribution in [2.75, 3.05) is 32.2 Å². The molecule has 0 atom stereocenters. The molecule has 5 rings (SSSR count). The SMILES string of the molecule is COc1cc(OC)c(Cl)c(N2CCN(C(C)C)Cc3c2ccc2ncc(-c4cnn(C)c4)nc32)c1. The predicted molar refractivity (Wildman–Crippen MR) is 139 cm³/mol. The number of fused-ring (bicyclic) bond motifs is 3. The van der Waals surface area contributed by atoms with E-state index >= 15 is 0 Å². The number of methoxy groups -OCH3 is 2. The Hall–Kier alpha value is -3.36. The zero-order valence-electron chi connectivity index (χ0n) is 20.6. The van der Waals surface area contributed by atoms with E-state index in [1.807, 2.05) is 37.8 Å². The Balaban J connectivity index is 1.73. The minimum atomic E-state index is 0.364. The van der Waals surface area contributed by atoms with Gasteiger partial charge in [-0.2, -0.15) is 5.10 Å². The van der Waals surface area contributed by atoms with Gasteiger partial charge in [0.25, 0.3) is 0 Å². The maximum atomic E-state index is 6.84. The number of hydrogen-bond acceptors (Lipinski definition) is 7. The molecule has 1 aliphatic rings. The quantitative estimate of drug-likeness (QED) is 0.385. The number of anilines is 2. The molecule has 2 aromatic carbocycles. The molecule has 0 unspecified atom stereocenters. The number of benzene rings is 2. The maximum absolute atomic E-state index is 6.84. The Labute approximate surface area is 210 Å². The molecule has 9 heteroatoms. The van der Waals surface area contributed by atoms with Crippen LogP contribution in [0.2, 0.25) is 5.02 Å². The van der Waals surface area contributed by atoms with Gasteiger partial charge in [-0.05, 0) is 26.0 Å². The molecule has 2 aromatic heterocycles.